The predicted molar refractivity (Wildman–Crippen MR) is 143 cm³/mol. The molecule has 0 aliphatic rings. The van der Waals surface area contributed by atoms with E-state index >= 15 is 0 Å². The number of nitrogens with one attached hydrogen (secondary N) is 1. The van der Waals surface area contributed by atoms with Crippen LogP contribution in [0.4, 0.5) is 0 Å². The zero-order valence-corrected chi connectivity index (χ0v) is 22.3. The van der Waals surface area contributed by atoms with Crippen molar-refractivity contribution in [3.05, 3.63) is 64.7 Å². The summed E-state index contributed by atoms with van der Waals surface area (Å²) >= 11 is 5.89. The lowest BCUT2D eigenvalue weighted by Gasteiger charge is -2.29. The summed E-state index contributed by atoms with van der Waals surface area (Å²) < 4.78 is 12.6. The van der Waals surface area contributed by atoms with Crippen LogP contribution in [0.5, 0.6) is 11.5 Å². The van der Waals surface area contributed by atoms with Crippen molar-refractivity contribution >= 4 is 23.6 Å². The van der Waals surface area contributed by atoms with Crippen molar-refractivity contribution in [2.24, 2.45) is 0 Å². The lowest BCUT2D eigenvalue weighted by molar-refractivity contribution is -0.116. The van der Waals surface area contributed by atoms with Gasteiger partial charge in [-0.25, -0.2) is 0 Å². The second-order valence-corrected chi connectivity index (χ2v) is 10.3. The standard InChI is InChI=1S/C29H40ClNO3/c1-7-28(3,4)33-25-18-15-23(26(21-25)34-29(5,6)8-2)11-9-10-20-31-27(32)19-14-22-12-16-24(30)17-13-22/h12-19,21H,7-11,20H2,1-6H3,(H,31,32)/b19-14+. The van der Waals surface area contributed by atoms with Crippen LogP contribution >= 0.6 is 11.6 Å². The molecule has 0 unspecified atom stereocenters. The average molecular weight is 486 g/mol. The van der Waals surface area contributed by atoms with Gasteiger partial charge in [0.05, 0.1) is 0 Å². The number of hydrogen-bond donors (Lipinski definition) is 1. The Balaban J connectivity index is 1.90. The maximum Gasteiger partial charge on any atom is 0.243 e. The molecule has 186 valence electrons. The SMILES string of the molecule is CCC(C)(C)Oc1ccc(CCCCNC(=O)/C=C/c2ccc(Cl)cc2)c(OC(C)(C)CC)c1. The highest BCUT2D eigenvalue weighted by Gasteiger charge is 2.21. The van der Waals surface area contributed by atoms with Crippen molar-refractivity contribution in [1.82, 2.24) is 5.32 Å². The van der Waals surface area contributed by atoms with E-state index in [1.807, 2.05) is 36.4 Å². The molecule has 0 aliphatic carbocycles. The minimum Gasteiger partial charge on any atom is -0.488 e. The average Bonchev–Trinajstić information content (AvgIpc) is 2.79. The molecule has 0 spiro atoms. The number of carbonyl (C=O) groups is 1. The highest BCUT2D eigenvalue weighted by molar-refractivity contribution is 6.30. The predicted octanol–water partition coefficient (Wildman–Crippen LogP) is 7.63. The molecule has 0 heterocycles. The van der Waals surface area contributed by atoms with Gasteiger partial charge < -0.3 is 14.8 Å². The van der Waals surface area contributed by atoms with Crippen LogP contribution in [-0.2, 0) is 11.2 Å². The van der Waals surface area contributed by atoms with Gasteiger partial charge >= 0.3 is 0 Å². The smallest absolute Gasteiger partial charge is 0.243 e. The van der Waals surface area contributed by atoms with E-state index in [2.05, 4.69) is 52.9 Å². The summed E-state index contributed by atoms with van der Waals surface area (Å²) in [5, 5.41) is 3.63. The third-order valence-corrected chi connectivity index (χ3v) is 6.24. The molecular formula is C29H40ClNO3. The van der Waals surface area contributed by atoms with Crippen molar-refractivity contribution in [2.45, 2.75) is 84.8 Å². The summed E-state index contributed by atoms with van der Waals surface area (Å²) in [6.45, 7) is 13.3. The van der Waals surface area contributed by atoms with Crippen LogP contribution in [0, 0.1) is 0 Å². The molecule has 0 atom stereocenters. The number of unbranched alkanes of at least 4 members (excludes halogenated alkanes) is 1. The van der Waals surface area contributed by atoms with Crippen molar-refractivity contribution in [2.75, 3.05) is 6.54 Å². The van der Waals surface area contributed by atoms with Crippen molar-refractivity contribution in [1.29, 1.82) is 0 Å². The molecule has 1 amide bonds. The molecule has 0 saturated heterocycles. The van der Waals surface area contributed by atoms with Gasteiger partial charge in [-0.3, -0.25) is 4.79 Å². The molecule has 0 aromatic heterocycles. The zero-order valence-electron chi connectivity index (χ0n) is 21.5. The fourth-order valence-electron chi connectivity index (χ4n) is 3.12. The van der Waals surface area contributed by atoms with Gasteiger partial charge in [-0.05, 0) is 95.2 Å². The Bertz CT molecular complexity index is 948. The van der Waals surface area contributed by atoms with Crippen molar-refractivity contribution < 1.29 is 14.3 Å². The van der Waals surface area contributed by atoms with Gasteiger partial charge in [-0.2, -0.15) is 0 Å². The van der Waals surface area contributed by atoms with E-state index in [1.54, 1.807) is 12.2 Å². The number of ether oxygens (including phenoxy) is 2. The van der Waals surface area contributed by atoms with E-state index in [9.17, 15) is 4.79 Å². The summed E-state index contributed by atoms with van der Waals surface area (Å²) in [7, 11) is 0. The van der Waals surface area contributed by atoms with E-state index in [1.165, 1.54) is 0 Å². The molecule has 2 aromatic rings. The van der Waals surface area contributed by atoms with Gasteiger partial charge in [0.25, 0.3) is 0 Å². The van der Waals surface area contributed by atoms with Crippen LogP contribution in [-0.4, -0.2) is 23.7 Å². The fourth-order valence-corrected chi connectivity index (χ4v) is 3.24. The number of benzene rings is 2. The monoisotopic (exact) mass is 485 g/mol. The normalized spacial score (nSPS) is 12.1. The third-order valence-electron chi connectivity index (χ3n) is 5.99. The Hall–Kier alpha value is -2.46. The number of aryl methyl sites for hydroxylation is 1. The quantitative estimate of drug-likeness (QED) is 0.234. The third kappa shape index (κ3) is 9.80. The van der Waals surface area contributed by atoms with E-state index in [4.69, 9.17) is 21.1 Å². The first-order valence-corrected chi connectivity index (χ1v) is 12.6. The zero-order chi connectivity index (χ0) is 25.2. The maximum atomic E-state index is 12.1. The molecule has 0 saturated carbocycles. The number of halogens is 1. The molecule has 0 radical (unpaired) electrons. The van der Waals surface area contributed by atoms with E-state index in [0.717, 1.165) is 54.7 Å². The second kappa shape index (κ2) is 12.9. The lowest BCUT2D eigenvalue weighted by Crippen LogP contribution is -2.28. The van der Waals surface area contributed by atoms with Gasteiger partial charge in [0.1, 0.15) is 22.7 Å². The van der Waals surface area contributed by atoms with E-state index in [-0.39, 0.29) is 17.1 Å². The Morgan fingerprint density at radius 2 is 1.59 bits per heavy atom. The lowest BCUT2D eigenvalue weighted by atomic mass is 10.0. The van der Waals surface area contributed by atoms with Crippen LogP contribution in [0.25, 0.3) is 6.08 Å². The molecule has 2 aromatic carbocycles. The highest BCUT2D eigenvalue weighted by Crippen LogP contribution is 2.32. The van der Waals surface area contributed by atoms with Gasteiger partial charge in [0, 0.05) is 23.7 Å². The molecule has 4 nitrogen and oxygen atoms in total. The first-order valence-electron chi connectivity index (χ1n) is 12.3. The molecule has 1 N–H and O–H groups in total. The Labute approximate surface area is 210 Å². The van der Waals surface area contributed by atoms with Gasteiger partial charge in [0.15, 0.2) is 0 Å². The van der Waals surface area contributed by atoms with E-state index in [0.29, 0.717) is 11.6 Å². The van der Waals surface area contributed by atoms with Gasteiger partial charge in [-0.1, -0.05) is 43.6 Å². The molecule has 0 bridgehead atoms. The summed E-state index contributed by atoms with van der Waals surface area (Å²) in [6, 6.07) is 13.5. The van der Waals surface area contributed by atoms with Gasteiger partial charge in [0.2, 0.25) is 5.91 Å². The summed E-state index contributed by atoms with van der Waals surface area (Å²) in [6.07, 6.45) is 7.89. The number of carbonyl (C=O) groups excluding carboxylic acids is 1. The molecule has 5 heteroatoms. The highest BCUT2D eigenvalue weighted by atomic mass is 35.5. The van der Waals surface area contributed by atoms with Crippen LogP contribution in [0.1, 0.15) is 78.4 Å². The minimum absolute atomic E-state index is 0.0938. The summed E-state index contributed by atoms with van der Waals surface area (Å²) in [5.74, 6) is 1.62. The summed E-state index contributed by atoms with van der Waals surface area (Å²) in [5.41, 5.74) is 1.63. The number of amides is 1. The largest absolute Gasteiger partial charge is 0.488 e. The molecule has 2 rings (SSSR count). The molecule has 34 heavy (non-hydrogen) atoms. The van der Waals surface area contributed by atoms with Crippen molar-refractivity contribution in [3.63, 3.8) is 0 Å². The summed E-state index contributed by atoms with van der Waals surface area (Å²) in [4.78, 5) is 12.1. The van der Waals surface area contributed by atoms with Crippen LogP contribution in [0.15, 0.2) is 48.5 Å². The second-order valence-electron chi connectivity index (χ2n) is 9.83. The first kappa shape index (κ1) is 27.8. The molecule has 0 aliphatic heterocycles. The topological polar surface area (TPSA) is 47.6 Å². The van der Waals surface area contributed by atoms with E-state index < -0.39 is 0 Å². The Morgan fingerprint density at radius 1 is 0.941 bits per heavy atom. The van der Waals surface area contributed by atoms with Crippen LogP contribution in [0.2, 0.25) is 5.02 Å². The first-order chi connectivity index (χ1) is 16.0. The molecular weight excluding hydrogens is 446 g/mol. The minimum atomic E-state index is -0.252. The Morgan fingerprint density at radius 3 is 2.24 bits per heavy atom. The van der Waals surface area contributed by atoms with Crippen LogP contribution < -0.4 is 14.8 Å². The van der Waals surface area contributed by atoms with Crippen molar-refractivity contribution in [3.8, 4) is 11.5 Å². The number of hydrogen-bond acceptors (Lipinski definition) is 3. The van der Waals surface area contributed by atoms with Crippen LogP contribution in [0.3, 0.4) is 0 Å². The van der Waals surface area contributed by atoms with Gasteiger partial charge in [-0.15, -0.1) is 0 Å². The maximum absolute atomic E-state index is 12.1. The fraction of sp³-hybridized carbons (Fsp3) is 0.483. The Kier molecular flexibility index (Phi) is 10.5. The number of rotatable bonds is 13. The molecule has 0 fully saturated rings.